The highest BCUT2D eigenvalue weighted by Crippen LogP contribution is 2.27. The molecule has 1 fully saturated rings. The zero-order valence-electron chi connectivity index (χ0n) is 14.6. The molecular weight excluding hydrogens is 398 g/mol. The minimum Gasteiger partial charge on any atom is -0.382 e. The van der Waals surface area contributed by atoms with Crippen molar-refractivity contribution in [2.24, 2.45) is 13.0 Å². The van der Waals surface area contributed by atoms with E-state index in [-0.39, 0.29) is 0 Å². The van der Waals surface area contributed by atoms with Gasteiger partial charge in [0.15, 0.2) is 5.16 Å². The summed E-state index contributed by atoms with van der Waals surface area (Å²) in [6.45, 7) is 2.36. The van der Waals surface area contributed by atoms with E-state index in [0.717, 1.165) is 32.6 Å². The number of rotatable bonds is 7. The third-order valence-corrected chi connectivity index (χ3v) is 6.49. The topological polar surface area (TPSA) is 50.1 Å². The molecule has 2 atom stereocenters. The second kappa shape index (κ2) is 9.21. The van der Waals surface area contributed by atoms with Gasteiger partial charge >= 0.3 is 0 Å². The number of piperidine rings is 1. The van der Waals surface area contributed by atoms with Gasteiger partial charge in [-0.25, -0.2) is 4.98 Å². The van der Waals surface area contributed by atoms with Crippen LogP contribution < -0.4 is 5.32 Å². The Balaban J connectivity index is 1.52. The summed E-state index contributed by atoms with van der Waals surface area (Å²) in [6.07, 6.45) is 6.33. The molecule has 1 aromatic heterocycles. The first kappa shape index (κ1) is 19.0. The quantitative estimate of drug-likeness (QED) is 0.518. The van der Waals surface area contributed by atoms with E-state index in [1.54, 1.807) is 18.0 Å². The van der Waals surface area contributed by atoms with Crippen LogP contribution in [-0.4, -0.2) is 33.5 Å². The van der Waals surface area contributed by atoms with Crippen molar-refractivity contribution < 1.29 is 5.11 Å². The molecule has 25 heavy (non-hydrogen) atoms. The molecule has 1 aliphatic rings. The molecule has 1 aliphatic heterocycles. The van der Waals surface area contributed by atoms with Crippen molar-refractivity contribution in [1.29, 1.82) is 0 Å². The van der Waals surface area contributed by atoms with Crippen LogP contribution in [0.3, 0.4) is 0 Å². The highest BCUT2D eigenvalue weighted by atomic mass is 79.9. The van der Waals surface area contributed by atoms with Crippen molar-refractivity contribution in [2.75, 3.05) is 18.8 Å². The van der Waals surface area contributed by atoms with Gasteiger partial charge in [0.2, 0.25) is 0 Å². The SMILES string of the molecule is Cn1c(C(O)c2ccc(Br)cc2)cnc1SCCCC1CCCNC1. The average molecular weight is 424 g/mol. The smallest absolute Gasteiger partial charge is 0.167 e. The lowest BCUT2D eigenvalue weighted by Gasteiger charge is -2.22. The molecule has 2 aromatic rings. The first-order chi connectivity index (χ1) is 12.1. The lowest BCUT2D eigenvalue weighted by molar-refractivity contribution is 0.210. The van der Waals surface area contributed by atoms with Crippen molar-refractivity contribution in [3.63, 3.8) is 0 Å². The van der Waals surface area contributed by atoms with E-state index >= 15 is 0 Å². The highest BCUT2D eigenvalue weighted by molar-refractivity contribution is 9.10. The Morgan fingerprint density at radius 1 is 1.40 bits per heavy atom. The summed E-state index contributed by atoms with van der Waals surface area (Å²) < 4.78 is 3.03. The van der Waals surface area contributed by atoms with Crippen LogP contribution in [0, 0.1) is 5.92 Å². The lowest BCUT2D eigenvalue weighted by Crippen LogP contribution is -2.29. The van der Waals surface area contributed by atoms with Crippen LogP contribution in [0.2, 0.25) is 0 Å². The standard InChI is InChI=1S/C19H26BrN3OS/c1-23-17(18(24)15-6-8-16(20)9-7-15)13-22-19(23)25-11-3-5-14-4-2-10-21-12-14/h6-9,13-14,18,21,24H,2-5,10-12H2,1H3. The largest absolute Gasteiger partial charge is 0.382 e. The van der Waals surface area contributed by atoms with Gasteiger partial charge in [0.1, 0.15) is 6.10 Å². The second-order valence-corrected chi connectivity index (χ2v) is 8.66. The van der Waals surface area contributed by atoms with Gasteiger partial charge in [0, 0.05) is 17.3 Å². The van der Waals surface area contributed by atoms with Crippen LogP contribution in [0.5, 0.6) is 0 Å². The van der Waals surface area contributed by atoms with Gasteiger partial charge in [0.05, 0.1) is 11.9 Å². The van der Waals surface area contributed by atoms with E-state index in [0.29, 0.717) is 0 Å². The fraction of sp³-hybridized carbons (Fsp3) is 0.526. The van der Waals surface area contributed by atoms with E-state index in [9.17, 15) is 5.11 Å². The molecule has 0 radical (unpaired) electrons. The molecule has 1 aromatic carbocycles. The van der Waals surface area contributed by atoms with Crippen molar-refractivity contribution >= 4 is 27.7 Å². The first-order valence-corrected chi connectivity index (χ1v) is 10.7. The molecule has 2 N–H and O–H groups in total. The fourth-order valence-corrected chi connectivity index (χ4v) is 4.50. The van der Waals surface area contributed by atoms with Crippen LogP contribution >= 0.6 is 27.7 Å². The van der Waals surface area contributed by atoms with Crippen molar-refractivity contribution in [3.8, 4) is 0 Å². The molecule has 4 nitrogen and oxygen atoms in total. The molecule has 0 saturated carbocycles. The van der Waals surface area contributed by atoms with Gasteiger partial charge in [-0.2, -0.15) is 0 Å². The molecule has 0 spiro atoms. The van der Waals surface area contributed by atoms with Gasteiger partial charge in [-0.05, 0) is 62.4 Å². The Morgan fingerprint density at radius 3 is 2.92 bits per heavy atom. The van der Waals surface area contributed by atoms with E-state index in [2.05, 4.69) is 26.2 Å². The third kappa shape index (κ3) is 5.09. The molecule has 136 valence electrons. The summed E-state index contributed by atoms with van der Waals surface area (Å²) in [5, 5.41) is 15.1. The molecule has 0 aliphatic carbocycles. The number of imidazole rings is 1. The van der Waals surface area contributed by atoms with Crippen molar-refractivity contribution in [3.05, 3.63) is 46.2 Å². The number of aliphatic hydroxyl groups is 1. The van der Waals surface area contributed by atoms with E-state index in [1.807, 2.05) is 35.9 Å². The summed E-state index contributed by atoms with van der Waals surface area (Å²) >= 11 is 5.21. The van der Waals surface area contributed by atoms with Gasteiger partial charge < -0.3 is 15.0 Å². The number of benzene rings is 1. The van der Waals surface area contributed by atoms with Crippen molar-refractivity contribution in [1.82, 2.24) is 14.9 Å². The van der Waals surface area contributed by atoms with E-state index in [1.165, 1.54) is 38.8 Å². The van der Waals surface area contributed by atoms with Crippen LogP contribution in [0.15, 0.2) is 40.1 Å². The number of hydrogen-bond donors (Lipinski definition) is 2. The van der Waals surface area contributed by atoms with Crippen LogP contribution in [0.4, 0.5) is 0 Å². The molecular formula is C19H26BrN3OS. The minimum absolute atomic E-state index is 0.645. The summed E-state index contributed by atoms with van der Waals surface area (Å²) in [7, 11) is 1.98. The van der Waals surface area contributed by atoms with Crippen LogP contribution in [0.1, 0.15) is 43.0 Å². The molecule has 2 heterocycles. The zero-order chi connectivity index (χ0) is 17.6. The van der Waals surface area contributed by atoms with Gasteiger partial charge in [-0.15, -0.1) is 0 Å². The Hall–Kier alpha value is -0.820. The molecule has 2 unspecified atom stereocenters. The predicted octanol–water partition coefficient (Wildman–Crippen LogP) is 4.14. The monoisotopic (exact) mass is 423 g/mol. The summed E-state index contributed by atoms with van der Waals surface area (Å²) in [5.41, 5.74) is 1.72. The number of aromatic nitrogens is 2. The predicted molar refractivity (Wildman–Crippen MR) is 107 cm³/mol. The van der Waals surface area contributed by atoms with Crippen LogP contribution in [-0.2, 0) is 7.05 Å². The van der Waals surface area contributed by atoms with E-state index < -0.39 is 6.10 Å². The van der Waals surface area contributed by atoms with Gasteiger partial charge in [0.25, 0.3) is 0 Å². The van der Waals surface area contributed by atoms with Crippen molar-refractivity contribution in [2.45, 2.75) is 36.9 Å². The van der Waals surface area contributed by atoms with Gasteiger partial charge in [-0.1, -0.05) is 39.8 Å². The number of nitrogens with one attached hydrogen (secondary N) is 1. The molecule has 6 heteroatoms. The fourth-order valence-electron chi connectivity index (χ4n) is 3.31. The second-order valence-electron chi connectivity index (χ2n) is 6.68. The number of halogens is 1. The number of hydrogen-bond acceptors (Lipinski definition) is 4. The summed E-state index contributed by atoms with van der Waals surface area (Å²) in [6, 6.07) is 7.77. The number of nitrogens with zero attached hydrogens (tertiary/aromatic N) is 2. The normalized spacial score (nSPS) is 19.1. The zero-order valence-corrected chi connectivity index (χ0v) is 17.0. The number of aliphatic hydroxyl groups excluding tert-OH is 1. The van der Waals surface area contributed by atoms with Crippen LogP contribution in [0.25, 0.3) is 0 Å². The molecule has 0 bridgehead atoms. The Labute approximate surface area is 162 Å². The highest BCUT2D eigenvalue weighted by Gasteiger charge is 2.17. The minimum atomic E-state index is -0.645. The van der Waals surface area contributed by atoms with Gasteiger partial charge in [-0.3, -0.25) is 0 Å². The Bertz CT molecular complexity index is 668. The number of thioether (sulfide) groups is 1. The molecule has 0 amide bonds. The summed E-state index contributed by atoms with van der Waals surface area (Å²) in [5.74, 6) is 1.92. The third-order valence-electron chi connectivity index (χ3n) is 4.83. The molecule has 3 rings (SSSR count). The lowest BCUT2D eigenvalue weighted by atomic mass is 9.95. The van der Waals surface area contributed by atoms with E-state index in [4.69, 9.17) is 0 Å². The maximum absolute atomic E-state index is 10.6. The maximum Gasteiger partial charge on any atom is 0.167 e. The summed E-state index contributed by atoms with van der Waals surface area (Å²) in [4.78, 5) is 4.51. The first-order valence-electron chi connectivity index (χ1n) is 8.94. The Kier molecular flexibility index (Phi) is 6.99. The Morgan fingerprint density at radius 2 is 2.20 bits per heavy atom. The maximum atomic E-state index is 10.6. The molecule has 1 saturated heterocycles. The average Bonchev–Trinajstić information content (AvgIpc) is 3.00.